The Bertz CT molecular complexity index is 1310. The van der Waals surface area contributed by atoms with Gasteiger partial charge in [-0.25, -0.2) is 4.98 Å². The number of rotatable bonds is 7. The summed E-state index contributed by atoms with van der Waals surface area (Å²) in [5.74, 6) is 1.62. The van der Waals surface area contributed by atoms with E-state index in [0.717, 1.165) is 42.7 Å². The van der Waals surface area contributed by atoms with Crippen LogP contribution in [0.15, 0.2) is 34.4 Å². The second kappa shape index (κ2) is 8.77. The molecule has 7 heteroatoms. The first-order valence-corrected chi connectivity index (χ1v) is 14.0. The van der Waals surface area contributed by atoms with Crippen molar-refractivity contribution in [2.24, 2.45) is 17.8 Å². The molecule has 4 aliphatic carbocycles. The number of aromatic nitrogens is 2. The van der Waals surface area contributed by atoms with E-state index in [1.165, 1.54) is 49.9 Å². The van der Waals surface area contributed by atoms with Crippen LogP contribution in [0.25, 0.3) is 10.9 Å². The van der Waals surface area contributed by atoms with Crippen molar-refractivity contribution in [1.29, 1.82) is 0 Å². The monoisotopic (exact) mass is 491 g/mol. The number of benzene rings is 1. The molecule has 2 N–H and O–H groups in total. The van der Waals surface area contributed by atoms with E-state index in [1.807, 2.05) is 18.2 Å². The Labute approximate surface area is 209 Å². The number of hydrogen-bond donors (Lipinski definition) is 2. The maximum absolute atomic E-state index is 13.4. The molecule has 0 saturated heterocycles. The van der Waals surface area contributed by atoms with E-state index < -0.39 is 11.5 Å². The van der Waals surface area contributed by atoms with E-state index in [-0.39, 0.29) is 16.7 Å². The van der Waals surface area contributed by atoms with Crippen molar-refractivity contribution in [3.05, 3.63) is 51.3 Å². The van der Waals surface area contributed by atoms with E-state index in [9.17, 15) is 14.7 Å². The van der Waals surface area contributed by atoms with E-state index in [0.29, 0.717) is 22.6 Å². The standard InChI is InChI=1S/C28H33N3O3S/c1-2-3-6-9-31-21-8-5-4-7-20(21)24(32)23(26(31)34)25(33)30-27-29-22(16-35-27)28-13-17-10-18(14-28)12-19(11-17)15-28/h4-5,7-8,16-19,32H,2-3,6,9-15H2,1H3,(H,29,30,33). The van der Waals surface area contributed by atoms with Crippen LogP contribution < -0.4 is 10.9 Å². The predicted molar refractivity (Wildman–Crippen MR) is 139 cm³/mol. The number of thiazole rings is 1. The lowest BCUT2D eigenvalue weighted by atomic mass is 9.49. The molecule has 0 spiro atoms. The Hall–Kier alpha value is -2.67. The van der Waals surface area contributed by atoms with Gasteiger partial charge in [0.2, 0.25) is 0 Å². The van der Waals surface area contributed by atoms with Gasteiger partial charge in [0.25, 0.3) is 11.5 Å². The number of pyridine rings is 1. The molecule has 3 aromatic rings. The third kappa shape index (κ3) is 3.88. The molecular formula is C28H33N3O3S. The van der Waals surface area contributed by atoms with Crippen LogP contribution in [0.2, 0.25) is 0 Å². The van der Waals surface area contributed by atoms with Crippen LogP contribution in [0, 0.1) is 17.8 Å². The molecule has 6 nitrogen and oxygen atoms in total. The summed E-state index contributed by atoms with van der Waals surface area (Å²) >= 11 is 1.42. The highest BCUT2D eigenvalue weighted by molar-refractivity contribution is 7.14. The lowest BCUT2D eigenvalue weighted by molar-refractivity contribution is -0.00688. The largest absolute Gasteiger partial charge is 0.506 e. The van der Waals surface area contributed by atoms with Crippen LogP contribution in [0.1, 0.15) is 80.8 Å². The normalized spacial score (nSPS) is 26.9. The first kappa shape index (κ1) is 22.8. The maximum atomic E-state index is 13.4. The second-order valence-corrected chi connectivity index (χ2v) is 12.0. The zero-order valence-electron chi connectivity index (χ0n) is 20.3. The first-order valence-electron chi connectivity index (χ1n) is 13.1. The third-order valence-electron chi connectivity index (χ3n) is 8.66. The van der Waals surface area contributed by atoms with Crippen molar-refractivity contribution in [3.8, 4) is 5.75 Å². The number of aromatic hydroxyl groups is 1. The van der Waals surface area contributed by atoms with Crippen molar-refractivity contribution >= 4 is 33.3 Å². The fourth-order valence-electron chi connectivity index (χ4n) is 7.49. The molecule has 0 unspecified atom stereocenters. The number of unbranched alkanes of at least 4 members (excludes halogenated alkanes) is 2. The highest BCUT2D eigenvalue weighted by Gasteiger charge is 2.52. The molecule has 4 aliphatic rings. The van der Waals surface area contributed by atoms with Gasteiger partial charge in [-0.1, -0.05) is 31.9 Å². The fraction of sp³-hybridized carbons (Fsp3) is 0.536. The zero-order chi connectivity index (χ0) is 24.2. The van der Waals surface area contributed by atoms with Crippen LogP contribution in [0.3, 0.4) is 0 Å². The SMILES string of the molecule is CCCCCn1c(=O)c(C(=O)Nc2nc(C34CC5CC(CC(C5)C3)C4)cs2)c(O)c2ccccc21. The highest BCUT2D eigenvalue weighted by Crippen LogP contribution is 2.60. The predicted octanol–water partition coefficient (Wildman–Crippen LogP) is 6.07. The number of nitrogens with one attached hydrogen (secondary N) is 1. The first-order chi connectivity index (χ1) is 17.0. The molecule has 7 rings (SSSR count). The lowest BCUT2D eigenvalue weighted by Gasteiger charge is -2.56. The van der Waals surface area contributed by atoms with Crippen LogP contribution >= 0.6 is 11.3 Å². The van der Waals surface area contributed by atoms with Crippen LogP contribution in [-0.2, 0) is 12.0 Å². The quantitative estimate of drug-likeness (QED) is 0.393. The number of amides is 1. The number of anilines is 1. The molecule has 0 aliphatic heterocycles. The average Bonchev–Trinajstić information content (AvgIpc) is 3.30. The van der Waals surface area contributed by atoms with Gasteiger partial charge in [-0.15, -0.1) is 11.3 Å². The minimum atomic E-state index is -0.589. The molecule has 2 aromatic heterocycles. The van der Waals surface area contributed by atoms with E-state index in [4.69, 9.17) is 4.98 Å². The topological polar surface area (TPSA) is 84.2 Å². The summed E-state index contributed by atoms with van der Waals surface area (Å²) in [6.07, 6.45) is 10.6. The number of carbonyl (C=O) groups is 1. The van der Waals surface area contributed by atoms with Crippen molar-refractivity contribution in [1.82, 2.24) is 9.55 Å². The van der Waals surface area contributed by atoms with Crippen molar-refractivity contribution in [2.45, 2.75) is 76.7 Å². The van der Waals surface area contributed by atoms with Gasteiger partial charge in [-0.3, -0.25) is 14.9 Å². The van der Waals surface area contributed by atoms with Gasteiger partial charge in [0.15, 0.2) is 5.13 Å². The summed E-state index contributed by atoms with van der Waals surface area (Å²) in [5.41, 5.74) is 1.27. The number of carbonyl (C=O) groups excluding carboxylic acids is 1. The number of fused-ring (bicyclic) bond motifs is 1. The minimum Gasteiger partial charge on any atom is -0.506 e. The highest BCUT2D eigenvalue weighted by atomic mass is 32.1. The molecule has 184 valence electrons. The maximum Gasteiger partial charge on any atom is 0.267 e. The lowest BCUT2D eigenvalue weighted by Crippen LogP contribution is -2.48. The van der Waals surface area contributed by atoms with Gasteiger partial charge >= 0.3 is 0 Å². The van der Waals surface area contributed by atoms with E-state index >= 15 is 0 Å². The Balaban J connectivity index is 1.30. The summed E-state index contributed by atoms with van der Waals surface area (Å²) < 4.78 is 1.63. The summed E-state index contributed by atoms with van der Waals surface area (Å²) in [6, 6.07) is 7.23. The Morgan fingerprint density at radius 2 is 1.83 bits per heavy atom. The van der Waals surface area contributed by atoms with E-state index in [2.05, 4.69) is 17.6 Å². The molecule has 4 fully saturated rings. The van der Waals surface area contributed by atoms with Crippen molar-refractivity contribution in [2.75, 3.05) is 5.32 Å². The van der Waals surface area contributed by atoms with Gasteiger partial charge in [0.1, 0.15) is 11.3 Å². The molecule has 2 heterocycles. The molecule has 4 bridgehead atoms. The fourth-order valence-corrected chi connectivity index (χ4v) is 8.32. The smallest absolute Gasteiger partial charge is 0.267 e. The van der Waals surface area contributed by atoms with Gasteiger partial charge in [0.05, 0.1) is 11.2 Å². The van der Waals surface area contributed by atoms with Crippen molar-refractivity contribution < 1.29 is 9.90 Å². The molecule has 0 atom stereocenters. The Morgan fingerprint density at radius 1 is 1.14 bits per heavy atom. The second-order valence-electron chi connectivity index (χ2n) is 11.1. The molecule has 4 saturated carbocycles. The number of hydrogen-bond acceptors (Lipinski definition) is 5. The Morgan fingerprint density at radius 3 is 2.51 bits per heavy atom. The third-order valence-corrected chi connectivity index (χ3v) is 9.42. The molecule has 0 radical (unpaired) electrons. The zero-order valence-corrected chi connectivity index (χ0v) is 21.1. The number of nitrogens with zero attached hydrogens (tertiary/aromatic N) is 2. The Kier molecular flexibility index (Phi) is 5.71. The summed E-state index contributed by atoms with van der Waals surface area (Å²) in [7, 11) is 0. The van der Waals surface area contributed by atoms with Gasteiger partial charge in [-0.2, -0.15) is 0 Å². The van der Waals surface area contributed by atoms with E-state index in [1.54, 1.807) is 10.6 Å². The number of aryl methyl sites for hydroxylation is 1. The summed E-state index contributed by atoms with van der Waals surface area (Å²) in [6.45, 7) is 2.63. The van der Waals surface area contributed by atoms with Crippen LogP contribution in [0.5, 0.6) is 5.75 Å². The van der Waals surface area contributed by atoms with Gasteiger partial charge in [0, 0.05) is 22.7 Å². The molecule has 35 heavy (non-hydrogen) atoms. The summed E-state index contributed by atoms with van der Waals surface area (Å²) in [4.78, 5) is 31.6. The molecule has 1 aromatic carbocycles. The van der Waals surface area contributed by atoms with Crippen LogP contribution in [-0.4, -0.2) is 20.6 Å². The van der Waals surface area contributed by atoms with Crippen molar-refractivity contribution in [3.63, 3.8) is 0 Å². The molecule has 1 amide bonds. The van der Waals surface area contributed by atoms with Crippen LogP contribution in [0.4, 0.5) is 5.13 Å². The molecular weight excluding hydrogens is 458 g/mol. The van der Waals surface area contributed by atoms with Gasteiger partial charge in [-0.05, 0) is 74.8 Å². The minimum absolute atomic E-state index is 0.158. The van der Waals surface area contributed by atoms with Gasteiger partial charge < -0.3 is 9.67 Å². The number of para-hydroxylation sites is 1. The summed E-state index contributed by atoms with van der Waals surface area (Å²) in [5, 5.41) is 16.9. The average molecular weight is 492 g/mol.